The first-order valence-electron chi connectivity index (χ1n) is 7.02. The summed E-state index contributed by atoms with van der Waals surface area (Å²) in [5, 5.41) is 3.81. The average Bonchev–Trinajstić information content (AvgIpc) is 2.54. The Balaban J connectivity index is 1.82. The molecule has 0 unspecified atom stereocenters. The summed E-state index contributed by atoms with van der Waals surface area (Å²) in [5.41, 5.74) is 1.46. The summed E-state index contributed by atoms with van der Waals surface area (Å²) in [5.74, 6) is 0.977. The first-order chi connectivity index (χ1) is 11.0. The molecule has 4 nitrogen and oxygen atoms in total. The minimum Gasteiger partial charge on any atom is -0.495 e. The van der Waals surface area contributed by atoms with Crippen LogP contribution in [0.25, 0.3) is 0 Å². The van der Waals surface area contributed by atoms with Gasteiger partial charge in [0.1, 0.15) is 18.1 Å². The van der Waals surface area contributed by atoms with Gasteiger partial charge in [0.05, 0.1) is 18.7 Å². The van der Waals surface area contributed by atoms with Gasteiger partial charge in [0.15, 0.2) is 0 Å². The third-order valence-corrected chi connectivity index (χ3v) is 3.92. The maximum absolute atomic E-state index is 12.0. The van der Waals surface area contributed by atoms with Gasteiger partial charge >= 0.3 is 0 Å². The van der Waals surface area contributed by atoms with E-state index in [1.807, 2.05) is 19.1 Å². The monoisotopic (exact) mass is 353 g/mol. The number of ether oxygens (including phenoxy) is 2. The molecule has 0 aromatic heterocycles. The van der Waals surface area contributed by atoms with Crippen LogP contribution in [0.5, 0.6) is 11.5 Å². The lowest BCUT2D eigenvalue weighted by Crippen LogP contribution is -2.28. The smallest absolute Gasteiger partial charge is 0.251 e. The van der Waals surface area contributed by atoms with Gasteiger partial charge in [-0.1, -0.05) is 29.3 Å². The van der Waals surface area contributed by atoms with Crippen LogP contribution in [0.15, 0.2) is 36.4 Å². The number of rotatable bonds is 6. The van der Waals surface area contributed by atoms with E-state index in [-0.39, 0.29) is 5.91 Å². The SMILES string of the molecule is COc1ccc(C(=O)NCCOc2ccc(C)c(Cl)c2)cc1Cl. The molecule has 0 fully saturated rings. The molecule has 0 bridgehead atoms. The molecule has 0 atom stereocenters. The molecule has 1 amide bonds. The lowest BCUT2D eigenvalue weighted by atomic mass is 10.2. The number of nitrogens with one attached hydrogen (secondary N) is 1. The number of halogens is 2. The van der Waals surface area contributed by atoms with Gasteiger partial charge in [0, 0.05) is 10.6 Å². The molecule has 0 aliphatic rings. The van der Waals surface area contributed by atoms with Gasteiger partial charge in [-0.05, 0) is 42.8 Å². The van der Waals surface area contributed by atoms with Crippen LogP contribution in [0.4, 0.5) is 0 Å². The van der Waals surface area contributed by atoms with E-state index in [4.69, 9.17) is 32.7 Å². The molecule has 0 saturated heterocycles. The predicted molar refractivity (Wildman–Crippen MR) is 92.0 cm³/mol. The molecule has 2 aromatic rings. The summed E-state index contributed by atoms with van der Waals surface area (Å²) in [6.45, 7) is 2.63. The number of hydrogen-bond acceptors (Lipinski definition) is 3. The molecule has 0 spiro atoms. The first kappa shape index (κ1) is 17.4. The highest BCUT2D eigenvalue weighted by atomic mass is 35.5. The fourth-order valence-corrected chi connectivity index (χ4v) is 2.33. The Morgan fingerprint density at radius 2 is 1.91 bits per heavy atom. The van der Waals surface area contributed by atoms with Crippen molar-refractivity contribution in [3.8, 4) is 11.5 Å². The van der Waals surface area contributed by atoms with Crippen molar-refractivity contribution < 1.29 is 14.3 Å². The molecule has 2 aromatic carbocycles. The minimum absolute atomic E-state index is 0.222. The van der Waals surface area contributed by atoms with Crippen LogP contribution in [0.3, 0.4) is 0 Å². The maximum Gasteiger partial charge on any atom is 0.251 e. The van der Waals surface area contributed by atoms with E-state index in [0.717, 1.165) is 5.56 Å². The number of methoxy groups -OCH3 is 1. The molecule has 0 aliphatic heterocycles. The molecule has 1 N–H and O–H groups in total. The van der Waals surface area contributed by atoms with E-state index in [1.165, 1.54) is 7.11 Å². The average molecular weight is 354 g/mol. The van der Waals surface area contributed by atoms with E-state index in [2.05, 4.69) is 5.32 Å². The highest BCUT2D eigenvalue weighted by Gasteiger charge is 2.08. The number of carbonyl (C=O) groups excluding carboxylic acids is 1. The van der Waals surface area contributed by atoms with Gasteiger partial charge in [-0.2, -0.15) is 0 Å². The second kappa shape index (κ2) is 8.09. The third kappa shape index (κ3) is 4.78. The van der Waals surface area contributed by atoms with Crippen LogP contribution in [0, 0.1) is 6.92 Å². The van der Waals surface area contributed by atoms with Gasteiger partial charge in [-0.3, -0.25) is 4.79 Å². The normalized spacial score (nSPS) is 10.3. The second-order valence-corrected chi connectivity index (χ2v) is 5.68. The molecule has 0 saturated carbocycles. The molecule has 2 rings (SSSR count). The van der Waals surface area contributed by atoms with E-state index in [9.17, 15) is 4.79 Å². The Bertz CT molecular complexity index is 704. The Hall–Kier alpha value is -1.91. The fraction of sp³-hybridized carbons (Fsp3) is 0.235. The largest absolute Gasteiger partial charge is 0.495 e. The van der Waals surface area contributed by atoms with Crippen molar-refractivity contribution in [3.63, 3.8) is 0 Å². The lowest BCUT2D eigenvalue weighted by Gasteiger charge is -2.09. The highest BCUT2D eigenvalue weighted by Crippen LogP contribution is 2.25. The highest BCUT2D eigenvalue weighted by molar-refractivity contribution is 6.32. The molecular weight excluding hydrogens is 337 g/mol. The maximum atomic E-state index is 12.0. The van der Waals surface area contributed by atoms with Crippen LogP contribution in [-0.2, 0) is 0 Å². The summed E-state index contributed by atoms with van der Waals surface area (Å²) in [6, 6.07) is 10.4. The number of benzene rings is 2. The van der Waals surface area contributed by atoms with Gasteiger partial charge in [0.25, 0.3) is 5.91 Å². The Morgan fingerprint density at radius 3 is 2.57 bits per heavy atom. The minimum atomic E-state index is -0.222. The van der Waals surface area contributed by atoms with Crippen LogP contribution >= 0.6 is 23.2 Å². The van der Waals surface area contributed by atoms with Gasteiger partial charge < -0.3 is 14.8 Å². The number of carbonyl (C=O) groups is 1. The number of aryl methyl sites for hydroxylation is 1. The van der Waals surface area contributed by atoms with Crippen molar-refractivity contribution in [1.82, 2.24) is 5.32 Å². The summed E-state index contributed by atoms with van der Waals surface area (Å²) in [6.07, 6.45) is 0. The second-order valence-electron chi connectivity index (χ2n) is 4.86. The van der Waals surface area contributed by atoms with E-state index < -0.39 is 0 Å². The van der Waals surface area contributed by atoms with Crippen molar-refractivity contribution in [2.24, 2.45) is 0 Å². The summed E-state index contributed by atoms with van der Waals surface area (Å²) in [4.78, 5) is 12.0. The quantitative estimate of drug-likeness (QED) is 0.794. The molecule has 0 aliphatic carbocycles. The van der Waals surface area contributed by atoms with Crippen molar-refractivity contribution in [3.05, 3.63) is 57.6 Å². The Kier molecular flexibility index (Phi) is 6.13. The lowest BCUT2D eigenvalue weighted by molar-refractivity contribution is 0.0947. The Morgan fingerprint density at radius 1 is 1.13 bits per heavy atom. The van der Waals surface area contributed by atoms with Crippen molar-refractivity contribution in [1.29, 1.82) is 0 Å². The number of amides is 1. The predicted octanol–water partition coefficient (Wildman–Crippen LogP) is 4.12. The summed E-state index contributed by atoms with van der Waals surface area (Å²) in [7, 11) is 1.52. The van der Waals surface area contributed by atoms with E-state index in [0.29, 0.717) is 40.3 Å². The van der Waals surface area contributed by atoms with Crippen molar-refractivity contribution in [2.75, 3.05) is 20.3 Å². The zero-order valence-electron chi connectivity index (χ0n) is 12.9. The van der Waals surface area contributed by atoms with Crippen LogP contribution < -0.4 is 14.8 Å². The topological polar surface area (TPSA) is 47.6 Å². The van der Waals surface area contributed by atoms with E-state index >= 15 is 0 Å². The van der Waals surface area contributed by atoms with E-state index in [1.54, 1.807) is 24.3 Å². The van der Waals surface area contributed by atoms with Crippen LogP contribution in [0.2, 0.25) is 10.0 Å². The van der Waals surface area contributed by atoms with Crippen molar-refractivity contribution >= 4 is 29.1 Å². The molecule has 122 valence electrons. The summed E-state index contributed by atoms with van der Waals surface area (Å²) >= 11 is 12.0. The molecule has 0 heterocycles. The zero-order chi connectivity index (χ0) is 16.8. The van der Waals surface area contributed by atoms with Gasteiger partial charge in [0.2, 0.25) is 0 Å². The molecular formula is C17H17Cl2NO3. The van der Waals surface area contributed by atoms with Crippen LogP contribution in [0.1, 0.15) is 15.9 Å². The molecule has 23 heavy (non-hydrogen) atoms. The van der Waals surface area contributed by atoms with Crippen LogP contribution in [-0.4, -0.2) is 26.2 Å². The first-order valence-corrected chi connectivity index (χ1v) is 7.77. The summed E-state index contributed by atoms with van der Waals surface area (Å²) < 4.78 is 10.6. The third-order valence-electron chi connectivity index (χ3n) is 3.21. The molecule has 6 heteroatoms. The standard InChI is InChI=1S/C17H17Cl2NO3/c1-11-3-5-13(10-14(11)18)23-8-7-20-17(21)12-4-6-16(22-2)15(19)9-12/h3-6,9-10H,7-8H2,1-2H3,(H,20,21). The zero-order valence-corrected chi connectivity index (χ0v) is 14.4. The fourth-order valence-electron chi connectivity index (χ4n) is 1.91. The van der Waals surface area contributed by atoms with Gasteiger partial charge in [-0.25, -0.2) is 0 Å². The molecule has 0 radical (unpaired) electrons. The van der Waals surface area contributed by atoms with Crippen molar-refractivity contribution in [2.45, 2.75) is 6.92 Å². The Labute approximate surface area is 145 Å². The van der Waals surface area contributed by atoms with Gasteiger partial charge in [-0.15, -0.1) is 0 Å². The number of hydrogen-bond donors (Lipinski definition) is 1.